The van der Waals surface area contributed by atoms with Crippen LogP contribution >= 0.6 is 0 Å². The van der Waals surface area contributed by atoms with Crippen LogP contribution in [-0.2, 0) is 36.3 Å². The van der Waals surface area contributed by atoms with E-state index < -0.39 is 15.3 Å². The van der Waals surface area contributed by atoms with Crippen molar-refractivity contribution in [3.05, 3.63) is 34.9 Å². The van der Waals surface area contributed by atoms with E-state index in [9.17, 15) is 13.2 Å². The maximum absolute atomic E-state index is 11.8. The van der Waals surface area contributed by atoms with Gasteiger partial charge in [0.2, 0.25) is 0 Å². The highest BCUT2D eigenvalue weighted by Gasteiger charge is 2.52. The van der Waals surface area contributed by atoms with Gasteiger partial charge in [-0.1, -0.05) is 18.2 Å². The van der Waals surface area contributed by atoms with Crippen molar-refractivity contribution in [2.45, 2.75) is 29.8 Å². The number of hydrogen-bond acceptors (Lipinski definition) is 4. The van der Waals surface area contributed by atoms with Gasteiger partial charge in [-0.15, -0.1) is 0 Å². The lowest BCUT2D eigenvalue weighted by Gasteiger charge is -2.13. The molecule has 5 heteroatoms. The van der Waals surface area contributed by atoms with Crippen LogP contribution in [0.2, 0.25) is 0 Å². The van der Waals surface area contributed by atoms with Crippen LogP contribution in [0.5, 0.6) is 0 Å². The third kappa shape index (κ3) is 1.65. The molecule has 1 aliphatic heterocycles. The van der Waals surface area contributed by atoms with E-state index in [1.807, 2.05) is 18.2 Å². The predicted octanol–water partition coefficient (Wildman–Crippen LogP) is 1.32. The summed E-state index contributed by atoms with van der Waals surface area (Å²) >= 11 is 0. The van der Waals surface area contributed by atoms with E-state index in [1.54, 1.807) is 0 Å². The number of esters is 1. The summed E-state index contributed by atoms with van der Waals surface area (Å²) < 4.78 is 28.0. The van der Waals surface area contributed by atoms with Crippen molar-refractivity contribution in [2.24, 2.45) is 0 Å². The standard InChI is InChI=1S/C13H14O4S/c1-17-12(14)13(4-5-13)11-3-2-9-7-18(15,16)8-10(9)6-11/h2-3,6H,4-5,7-8H2,1H3. The molecule has 1 aromatic carbocycles. The second-order valence-corrected chi connectivity index (χ2v) is 7.15. The fraction of sp³-hybridized carbons (Fsp3) is 0.462. The van der Waals surface area contributed by atoms with Crippen LogP contribution in [0, 0.1) is 0 Å². The first-order valence-corrected chi connectivity index (χ1v) is 7.70. The van der Waals surface area contributed by atoms with Gasteiger partial charge in [0.15, 0.2) is 9.84 Å². The van der Waals surface area contributed by atoms with Crippen LogP contribution in [0.3, 0.4) is 0 Å². The Morgan fingerprint density at radius 3 is 2.50 bits per heavy atom. The Hall–Kier alpha value is -1.36. The first kappa shape index (κ1) is 11.7. The van der Waals surface area contributed by atoms with Gasteiger partial charge in [0.1, 0.15) is 0 Å². The minimum atomic E-state index is -2.99. The molecule has 0 spiro atoms. The molecule has 18 heavy (non-hydrogen) atoms. The molecule has 4 nitrogen and oxygen atoms in total. The van der Waals surface area contributed by atoms with Crippen molar-refractivity contribution in [1.29, 1.82) is 0 Å². The highest BCUT2D eigenvalue weighted by atomic mass is 32.2. The predicted molar refractivity (Wildman–Crippen MR) is 65.7 cm³/mol. The van der Waals surface area contributed by atoms with Crippen LogP contribution < -0.4 is 0 Å². The summed E-state index contributed by atoms with van der Waals surface area (Å²) in [4.78, 5) is 11.8. The van der Waals surface area contributed by atoms with Gasteiger partial charge < -0.3 is 4.74 Å². The van der Waals surface area contributed by atoms with E-state index >= 15 is 0 Å². The first-order valence-electron chi connectivity index (χ1n) is 5.88. The lowest BCUT2D eigenvalue weighted by atomic mass is 9.93. The Labute approximate surface area is 106 Å². The molecule has 0 atom stereocenters. The quantitative estimate of drug-likeness (QED) is 0.757. The number of carbonyl (C=O) groups is 1. The lowest BCUT2D eigenvalue weighted by Crippen LogP contribution is -2.22. The average Bonchev–Trinajstić information content (AvgIpc) is 3.05. The van der Waals surface area contributed by atoms with Crippen molar-refractivity contribution in [2.75, 3.05) is 7.11 Å². The lowest BCUT2D eigenvalue weighted by molar-refractivity contribution is -0.143. The number of rotatable bonds is 2. The topological polar surface area (TPSA) is 60.4 Å². The minimum Gasteiger partial charge on any atom is -0.468 e. The fourth-order valence-corrected chi connectivity index (χ4v) is 4.25. The molecule has 96 valence electrons. The SMILES string of the molecule is COC(=O)C1(c2ccc3c(c2)CS(=O)(=O)C3)CC1. The zero-order valence-electron chi connectivity index (χ0n) is 10.1. The molecule has 1 heterocycles. The van der Waals surface area contributed by atoms with E-state index in [4.69, 9.17) is 4.74 Å². The maximum Gasteiger partial charge on any atom is 0.316 e. The minimum absolute atomic E-state index is 0.0907. The number of benzene rings is 1. The molecule has 0 unspecified atom stereocenters. The summed E-state index contributed by atoms with van der Waals surface area (Å²) in [7, 11) is -1.60. The second kappa shape index (κ2) is 3.57. The summed E-state index contributed by atoms with van der Waals surface area (Å²) in [6.45, 7) is 0. The summed E-state index contributed by atoms with van der Waals surface area (Å²) in [6, 6.07) is 5.56. The largest absolute Gasteiger partial charge is 0.468 e. The molecule has 0 N–H and O–H groups in total. The van der Waals surface area contributed by atoms with Crippen molar-refractivity contribution in [3.8, 4) is 0 Å². The van der Waals surface area contributed by atoms with Crippen molar-refractivity contribution < 1.29 is 17.9 Å². The molecular formula is C13H14O4S. The van der Waals surface area contributed by atoms with Gasteiger partial charge in [0.05, 0.1) is 24.0 Å². The Morgan fingerprint density at radius 2 is 1.89 bits per heavy atom. The van der Waals surface area contributed by atoms with Crippen LogP contribution in [0.1, 0.15) is 29.5 Å². The monoisotopic (exact) mass is 266 g/mol. The Bertz CT molecular complexity index is 626. The van der Waals surface area contributed by atoms with E-state index in [0.29, 0.717) is 0 Å². The summed E-state index contributed by atoms with van der Waals surface area (Å²) in [5.41, 5.74) is 2.07. The smallest absolute Gasteiger partial charge is 0.316 e. The number of hydrogen-bond donors (Lipinski definition) is 0. The molecular weight excluding hydrogens is 252 g/mol. The van der Waals surface area contributed by atoms with Gasteiger partial charge in [0.25, 0.3) is 0 Å². The Kier molecular flexibility index (Phi) is 2.32. The Morgan fingerprint density at radius 1 is 1.22 bits per heavy atom. The highest BCUT2D eigenvalue weighted by molar-refractivity contribution is 7.90. The third-order valence-electron chi connectivity index (χ3n) is 3.84. The van der Waals surface area contributed by atoms with Gasteiger partial charge in [0, 0.05) is 0 Å². The molecule has 3 rings (SSSR count). The van der Waals surface area contributed by atoms with Crippen LogP contribution in [-0.4, -0.2) is 21.5 Å². The number of ether oxygens (including phenoxy) is 1. The third-order valence-corrected chi connectivity index (χ3v) is 5.34. The van der Waals surface area contributed by atoms with E-state index in [0.717, 1.165) is 29.5 Å². The number of methoxy groups -OCH3 is 1. The van der Waals surface area contributed by atoms with Gasteiger partial charge in [-0.3, -0.25) is 4.79 Å². The van der Waals surface area contributed by atoms with Crippen molar-refractivity contribution in [1.82, 2.24) is 0 Å². The second-order valence-electron chi connectivity index (χ2n) is 5.09. The fourth-order valence-electron chi connectivity index (χ4n) is 2.65. The van der Waals surface area contributed by atoms with Gasteiger partial charge in [-0.25, -0.2) is 8.42 Å². The molecule has 1 saturated carbocycles. The molecule has 0 amide bonds. The van der Waals surface area contributed by atoms with Gasteiger partial charge in [-0.2, -0.15) is 0 Å². The molecule has 0 bridgehead atoms. The molecule has 1 aliphatic carbocycles. The van der Waals surface area contributed by atoms with Crippen LogP contribution in [0.15, 0.2) is 18.2 Å². The molecule has 1 fully saturated rings. The summed E-state index contributed by atoms with van der Waals surface area (Å²) in [6.07, 6.45) is 1.57. The number of sulfone groups is 1. The zero-order valence-corrected chi connectivity index (χ0v) is 10.9. The normalized spacial score (nSPS) is 22.3. The highest BCUT2D eigenvalue weighted by Crippen LogP contribution is 2.49. The van der Waals surface area contributed by atoms with E-state index in [-0.39, 0.29) is 17.5 Å². The molecule has 1 aromatic rings. The molecule has 0 radical (unpaired) electrons. The zero-order chi connectivity index (χ0) is 13.0. The average molecular weight is 266 g/mol. The number of fused-ring (bicyclic) bond motifs is 1. The number of carbonyl (C=O) groups excluding carboxylic acids is 1. The molecule has 0 saturated heterocycles. The molecule has 2 aliphatic rings. The van der Waals surface area contributed by atoms with Crippen molar-refractivity contribution in [3.63, 3.8) is 0 Å². The summed E-state index contributed by atoms with van der Waals surface area (Å²) in [5.74, 6) is -0.00958. The van der Waals surface area contributed by atoms with E-state index in [2.05, 4.69) is 0 Å². The van der Waals surface area contributed by atoms with E-state index in [1.165, 1.54) is 7.11 Å². The van der Waals surface area contributed by atoms with Crippen LogP contribution in [0.25, 0.3) is 0 Å². The summed E-state index contributed by atoms with van der Waals surface area (Å²) in [5, 5.41) is 0. The molecule has 0 aromatic heterocycles. The van der Waals surface area contributed by atoms with Gasteiger partial charge >= 0.3 is 5.97 Å². The Balaban J connectivity index is 2.01. The maximum atomic E-state index is 11.8. The first-order chi connectivity index (χ1) is 8.47. The van der Waals surface area contributed by atoms with Crippen LogP contribution in [0.4, 0.5) is 0 Å². The van der Waals surface area contributed by atoms with Crippen molar-refractivity contribution >= 4 is 15.8 Å². The van der Waals surface area contributed by atoms with Gasteiger partial charge in [-0.05, 0) is 29.5 Å².